The third-order valence-electron chi connectivity index (χ3n) is 6.00. The SMILES string of the molecule is CC1(C)CC(=O)c2sc(N3CCOCC3C(=O)N3CCNc4ccccc43)nc2C1. The van der Waals surface area contributed by atoms with E-state index in [1.807, 2.05) is 34.1 Å². The van der Waals surface area contributed by atoms with Gasteiger partial charge >= 0.3 is 0 Å². The van der Waals surface area contributed by atoms with E-state index in [9.17, 15) is 9.59 Å². The molecule has 1 atom stereocenters. The molecule has 3 heterocycles. The number of nitrogens with one attached hydrogen (secondary N) is 1. The van der Waals surface area contributed by atoms with Crippen molar-refractivity contribution in [2.75, 3.05) is 48.0 Å². The van der Waals surface area contributed by atoms with Gasteiger partial charge in [-0.05, 0) is 24.0 Å². The Hall–Kier alpha value is -2.45. The standard InChI is InChI=1S/C22H26N4O3S/c1-22(2)11-15-19(18(27)12-22)30-21(24-15)26-9-10-29-13-17(26)20(28)25-8-7-23-14-5-3-4-6-16(14)25/h3-6,17,23H,7-13H2,1-2H3. The van der Waals surface area contributed by atoms with Gasteiger partial charge in [-0.3, -0.25) is 9.59 Å². The average molecular weight is 427 g/mol. The fraction of sp³-hybridized carbons (Fsp3) is 0.500. The normalized spacial score (nSPS) is 22.9. The molecule has 2 aliphatic heterocycles. The van der Waals surface area contributed by atoms with Crippen molar-refractivity contribution in [1.29, 1.82) is 0 Å². The number of amides is 1. The molecular weight excluding hydrogens is 400 g/mol. The van der Waals surface area contributed by atoms with Crippen LogP contribution in [0.4, 0.5) is 16.5 Å². The highest BCUT2D eigenvalue weighted by Crippen LogP contribution is 2.40. The predicted octanol–water partition coefficient (Wildman–Crippen LogP) is 2.96. The Labute approximate surface area is 180 Å². The zero-order valence-electron chi connectivity index (χ0n) is 17.3. The first-order chi connectivity index (χ1) is 14.4. The van der Waals surface area contributed by atoms with Crippen LogP contribution in [-0.4, -0.2) is 55.6 Å². The quantitative estimate of drug-likeness (QED) is 0.796. The number of Topliss-reactive ketones (excluding diaryl/α,β-unsaturated/α-hetero) is 1. The summed E-state index contributed by atoms with van der Waals surface area (Å²) < 4.78 is 5.70. The molecule has 158 valence electrons. The van der Waals surface area contributed by atoms with E-state index < -0.39 is 6.04 Å². The van der Waals surface area contributed by atoms with Gasteiger partial charge in [-0.2, -0.15) is 0 Å². The van der Waals surface area contributed by atoms with Gasteiger partial charge in [0.1, 0.15) is 6.04 Å². The molecule has 1 fully saturated rings. The number of para-hydroxylation sites is 2. The van der Waals surface area contributed by atoms with Gasteiger partial charge in [0.05, 0.1) is 35.2 Å². The van der Waals surface area contributed by atoms with Crippen LogP contribution in [0.1, 0.15) is 35.6 Å². The van der Waals surface area contributed by atoms with Gasteiger partial charge in [0.15, 0.2) is 10.9 Å². The molecule has 1 aromatic carbocycles. The van der Waals surface area contributed by atoms with Gasteiger partial charge in [-0.1, -0.05) is 37.3 Å². The second-order valence-corrected chi connectivity index (χ2v) is 9.91. The summed E-state index contributed by atoms with van der Waals surface area (Å²) in [6, 6.07) is 7.43. The molecule has 0 spiro atoms. The molecule has 5 rings (SSSR count). The first kappa shape index (κ1) is 19.5. The number of anilines is 3. The predicted molar refractivity (Wildman–Crippen MR) is 118 cm³/mol. The summed E-state index contributed by atoms with van der Waals surface area (Å²) in [4.78, 5) is 35.7. The Morgan fingerprint density at radius 1 is 1.27 bits per heavy atom. The van der Waals surface area contributed by atoms with E-state index in [1.54, 1.807) is 0 Å². The molecule has 1 aromatic heterocycles. The molecule has 30 heavy (non-hydrogen) atoms. The van der Waals surface area contributed by atoms with Crippen LogP contribution in [0.5, 0.6) is 0 Å². The first-order valence-corrected chi connectivity index (χ1v) is 11.3. The minimum Gasteiger partial charge on any atom is -0.382 e. The summed E-state index contributed by atoms with van der Waals surface area (Å²) in [5.74, 6) is 0.181. The summed E-state index contributed by atoms with van der Waals surface area (Å²) in [5.41, 5.74) is 2.68. The Kier molecular flexibility index (Phi) is 4.78. The molecule has 1 aliphatic carbocycles. The zero-order chi connectivity index (χ0) is 20.9. The van der Waals surface area contributed by atoms with Crippen molar-refractivity contribution in [3.8, 4) is 0 Å². The number of rotatable bonds is 2. The lowest BCUT2D eigenvalue weighted by Crippen LogP contribution is -2.56. The third-order valence-corrected chi connectivity index (χ3v) is 7.17. The van der Waals surface area contributed by atoms with Crippen LogP contribution >= 0.6 is 11.3 Å². The van der Waals surface area contributed by atoms with Crippen LogP contribution in [0.25, 0.3) is 0 Å². The number of hydrogen-bond donors (Lipinski definition) is 1. The molecule has 1 amide bonds. The van der Waals surface area contributed by atoms with Gasteiger partial charge in [0.25, 0.3) is 5.91 Å². The van der Waals surface area contributed by atoms with Gasteiger partial charge < -0.3 is 19.9 Å². The molecule has 7 nitrogen and oxygen atoms in total. The molecule has 3 aliphatic rings. The minimum atomic E-state index is -0.444. The monoisotopic (exact) mass is 426 g/mol. The van der Waals surface area contributed by atoms with E-state index >= 15 is 0 Å². The number of nitrogens with zero attached hydrogens (tertiary/aromatic N) is 3. The second kappa shape index (κ2) is 7.35. The third kappa shape index (κ3) is 3.37. The number of fused-ring (bicyclic) bond motifs is 2. The van der Waals surface area contributed by atoms with Crippen LogP contribution in [-0.2, 0) is 16.0 Å². The Bertz CT molecular complexity index is 1000. The summed E-state index contributed by atoms with van der Waals surface area (Å²) in [6.45, 7) is 7.01. The Morgan fingerprint density at radius 3 is 2.97 bits per heavy atom. The van der Waals surface area contributed by atoms with E-state index in [0.717, 1.165) is 33.5 Å². The highest BCUT2D eigenvalue weighted by molar-refractivity contribution is 7.17. The van der Waals surface area contributed by atoms with Crippen molar-refractivity contribution in [3.63, 3.8) is 0 Å². The highest BCUT2D eigenvalue weighted by atomic mass is 32.1. The van der Waals surface area contributed by atoms with E-state index in [4.69, 9.17) is 9.72 Å². The van der Waals surface area contributed by atoms with E-state index in [1.165, 1.54) is 11.3 Å². The topological polar surface area (TPSA) is 74.8 Å². The van der Waals surface area contributed by atoms with Crippen molar-refractivity contribution in [2.45, 2.75) is 32.7 Å². The lowest BCUT2D eigenvalue weighted by atomic mass is 9.78. The van der Waals surface area contributed by atoms with Gasteiger partial charge in [0.2, 0.25) is 0 Å². The molecule has 0 saturated carbocycles. The van der Waals surface area contributed by atoms with Crippen molar-refractivity contribution < 1.29 is 14.3 Å². The number of benzene rings is 1. The Morgan fingerprint density at radius 2 is 2.10 bits per heavy atom. The Balaban J connectivity index is 1.45. The van der Waals surface area contributed by atoms with Crippen molar-refractivity contribution >= 4 is 39.5 Å². The van der Waals surface area contributed by atoms with Crippen LogP contribution in [0.15, 0.2) is 24.3 Å². The molecule has 2 aromatic rings. The summed E-state index contributed by atoms with van der Waals surface area (Å²) in [5, 5.41) is 4.11. The van der Waals surface area contributed by atoms with Crippen molar-refractivity contribution in [1.82, 2.24) is 4.98 Å². The molecule has 1 saturated heterocycles. The number of hydrogen-bond acceptors (Lipinski definition) is 7. The van der Waals surface area contributed by atoms with Gasteiger partial charge in [-0.15, -0.1) is 0 Å². The number of thiazole rings is 1. The number of ether oxygens (including phenoxy) is 1. The molecule has 0 bridgehead atoms. The highest BCUT2D eigenvalue weighted by Gasteiger charge is 2.39. The smallest absolute Gasteiger partial charge is 0.252 e. The maximum atomic E-state index is 13.6. The van der Waals surface area contributed by atoms with Crippen LogP contribution < -0.4 is 15.1 Å². The fourth-order valence-electron chi connectivity index (χ4n) is 4.56. The average Bonchev–Trinajstić information content (AvgIpc) is 3.16. The zero-order valence-corrected chi connectivity index (χ0v) is 18.1. The van der Waals surface area contributed by atoms with E-state index in [-0.39, 0.29) is 17.1 Å². The van der Waals surface area contributed by atoms with Gasteiger partial charge in [-0.25, -0.2) is 4.98 Å². The summed E-state index contributed by atoms with van der Waals surface area (Å²) >= 11 is 1.43. The molecule has 1 unspecified atom stereocenters. The van der Waals surface area contributed by atoms with E-state index in [2.05, 4.69) is 19.2 Å². The molecule has 0 radical (unpaired) electrons. The minimum absolute atomic E-state index is 0.0171. The maximum Gasteiger partial charge on any atom is 0.252 e. The summed E-state index contributed by atoms with van der Waals surface area (Å²) in [7, 11) is 0. The van der Waals surface area contributed by atoms with Crippen LogP contribution in [0.2, 0.25) is 0 Å². The number of morpholine rings is 1. The molecule has 8 heteroatoms. The number of ketones is 1. The van der Waals surface area contributed by atoms with Crippen molar-refractivity contribution in [3.05, 3.63) is 34.8 Å². The number of aromatic nitrogens is 1. The molecular formula is C22H26N4O3S. The van der Waals surface area contributed by atoms with E-state index in [0.29, 0.717) is 39.3 Å². The van der Waals surface area contributed by atoms with Crippen molar-refractivity contribution in [2.24, 2.45) is 5.41 Å². The van der Waals surface area contributed by atoms with Gasteiger partial charge in [0, 0.05) is 26.1 Å². The fourth-order valence-corrected chi connectivity index (χ4v) is 5.65. The maximum absolute atomic E-state index is 13.6. The first-order valence-electron chi connectivity index (χ1n) is 10.4. The second-order valence-electron chi connectivity index (χ2n) is 8.93. The van der Waals surface area contributed by atoms with Crippen LogP contribution in [0.3, 0.4) is 0 Å². The summed E-state index contributed by atoms with van der Waals surface area (Å²) in [6.07, 6.45) is 1.34. The number of carbonyl (C=O) groups excluding carboxylic acids is 2. The lowest BCUT2D eigenvalue weighted by molar-refractivity contribution is -0.122. The largest absolute Gasteiger partial charge is 0.382 e. The lowest BCUT2D eigenvalue weighted by Gasteiger charge is -2.39. The van der Waals surface area contributed by atoms with Crippen LogP contribution in [0, 0.1) is 5.41 Å². The number of carbonyl (C=O) groups is 2. The molecule has 1 N–H and O–H groups in total.